The molecule has 0 spiro atoms. The molecule has 1 aromatic rings. The Morgan fingerprint density at radius 3 is 2.75 bits per heavy atom. The molecule has 5 nitrogen and oxygen atoms in total. The van der Waals surface area contributed by atoms with Crippen LogP contribution in [0.15, 0.2) is 0 Å². The molecule has 0 radical (unpaired) electrons. The van der Waals surface area contributed by atoms with Crippen LogP contribution in [0.25, 0.3) is 0 Å². The van der Waals surface area contributed by atoms with Gasteiger partial charge in [-0.25, -0.2) is 4.79 Å². The summed E-state index contributed by atoms with van der Waals surface area (Å²) >= 11 is 1.43. The maximum atomic E-state index is 12.1. The number of hydrogen-bond donors (Lipinski definition) is 1. The lowest BCUT2D eigenvalue weighted by Gasteiger charge is -2.16. The third-order valence-electron chi connectivity index (χ3n) is 3.55. The van der Waals surface area contributed by atoms with Gasteiger partial charge in [-0.1, -0.05) is 0 Å². The van der Waals surface area contributed by atoms with Crippen LogP contribution in [-0.4, -0.2) is 36.7 Å². The van der Waals surface area contributed by atoms with Crippen LogP contribution < -0.4 is 4.90 Å². The van der Waals surface area contributed by atoms with Crippen LogP contribution in [-0.2, 0) is 9.53 Å². The van der Waals surface area contributed by atoms with Crippen LogP contribution in [0.1, 0.15) is 34.1 Å². The first-order valence-electron chi connectivity index (χ1n) is 6.67. The van der Waals surface area contributed by atoms with Gasteiger partial charge in [0.2, 0.25) is 5.91 Å². The zero-order chi connectivity index (χ0) is 14.9. The molecule has 0 bridgehead atoms. The second-order valence-corrected chi connectivity index (χ2v) is 6.14. The third-order valence-corrected chi connectivity index (χ3v) is 4.78. The molecule has 1 amide bonds. The molecule has 2 rings (SSSR count). The van der Waals surface area contributed by atoms with Crippen molar-refractivity contribution in [3.8, 4) is 0 Å². The van der Waals surface area contributed by atoms with E-state index in [-0.39, 0.29) is 24.4 Å². The predicted octanol–water partition coefficient (Wildman–Crippen LogP) is 1.89. The number of carbonyl (C=O) groups is 2. The van der Waals surface area contributed by atoms with E-state index >= 15 is 0 Å². The Kier molecular flexibility index (Phi) is 4.45. The topological polar surface area (TPSA) is 66.8 Å². The largest absolute Gasteiger partial charge is 0.462 e. The highest BCUT2D eigenvalue weighted by molar-refractivity contribution is 7.16. The number of carbonyl (C=O) groups excluding carboxylic acids is 2. The number of aliphatic hydroxyl groups is 1. The van der Waals surface area contributed by atoms with E-state index < -0.39 is 0 Å². The summed E-state index contributed by atoms with van der Waals surface area (Å²) in [6.45, 7) is 6.30. The lowest BCUT2D eigenvalue weighted by molar-refractivity contribution is -0.117. The summed E-state index contributed by atoms with van der Waals surface area (Å²) in [6.07, 6.45) is 0.328. The zero-order valence-corrected chi connectivity index (χ0v) is 12.7. The number of rotatable bonds is 4. The molecule has 1 aliphatic heterocycles. The average molecular weight is 297 g/mol. The average Bonchev–Trinajstić information content (AvgIpc) is 2.91. The molecular formula is C14H19NO4S. The van der Waals surface area contributed by atoms with Crippen LogP contribution in [0.3, 0.4) is 0 Å². The van der Waals surface area contributed by atoms with Crippen LogP contribution in [0.4, 0.5) is 5.00 Å². The second-order valence-electron chi connectivity index (χ2n) is 4.94. The minimum absolute atomic E-state index is 0.0136. The van der Waals surface area contributed by atoms with Gasteiger partial charge in [0.15, 0.2) is 0 Å². The van der Waals surface area contributed by atoms with Crippen molar-refractivity contribution in [1.82, 2.24) is 0 Å². The Balaban J connectivity index is 2.39. The highest BCUT2D eigenvalue weighted by atomic mass is 32.1. The molecule has 1 saturated heterocycles. The number of thiophene rings is 1. The molecule has 0 saturated carbocycles. The molecule has 1 unspecified atom stereocenters. The molecule has 0 aliphatic carbocycles. The van der Waals surface area contributed by atoms with E-state index in [9.17, 15) is 14.7 Å². The maximum Gasteiger partial charge on any atom is 0.341 e. The standard InChI is InChI=1S/C14H19NO4S/c1-4-19-14(18)12-8(2)9(3)20-13(12)15-6-10(7-16)5-11(15)17/h10,16H,4-7H2,1-3H3. The number of amides is 1. The van der Waals surface area contributed by atoms with E-state index in [2.05, 4.69) is 0 Å². The summed E-state index contributed by atoms with van der Waals surface area (Å²) in [6, 6.07) is 0. The molecule has 1 fully saturated rings. The molecule has 110 valence electrons. The minimum atomic E-state index is -0.385. The van der Waals surface area contributed by atoms with Gasteiger partial charge in [-0.3, -0.25) is 4.79 Å². The fraction of sp³-hybridized carbons (Fsp3) is 0.571. The van der Waals surface area contributed by atoms with Crippen molar-refractivity contribution in [2.45, 2.75) is 27.2 Å². The van der Waals surface area contributed by atoms with Gasteiger partial charge in [0.05, 0.1) is 12.2 Å². The number of nitrogens with zero attached hydrogens (tertiary/aromatic N) is 1. The number of aryl methyl sites for hydroxylation is 1. The van der Waals surface area contributed by atoms with Crippen molar-refractivity contribution in [2.24, 2.45) is 5.92 Å². The molecule has 1 atom stereocenters. The summed E-state index contributed by atoms with van der Waals surface area (Å²) in [5, 5.41) is 9.86. The lowest BCUT2D eigenvalue weighted by Crippen LogP contribution is -2.26. The van der Waals surface area contributed by atoms with Gasteiger partial charge in [0.25, 0.3) is 0 Å². The van der Waals surface area contributed by atoms with Gasteiger partial charge >= 0.3 is 5.97 Å². The van der Waals surface area contributed by atoms with Crippen molar-refractivity contribution >= 4 is 28.2 Å². The highest BCUT2D eigenvalue weighted by Crippen LogP contribution is 2.38. The van der Waals surface area contributed by atoms with Gasteiger partial charge in [0, 0.05) is 30.4 Å². The molecular weight excluding hydrogens is 278 g/mol. The normalized spacial score (nSPS) is 18.7. The van der Waals surface area contributed by atoms with Gasteiger partial charge in [-0.05, 0) is 26.3 Å². The van der Waals surface area contributed by atoms with E-state index in [0.717, 1.165) is 10.4 Å². The van der Waals surface area contributed by atoms with Crippen LogP contribution in [0.2, 0.25) is 0 Å². The number of esters is 1. The number of ether oxygens (including phenoxy) is 1. The van der Waals surface area contributed by atoms with Crippen molar-refractivity contribution in [2.75, 3.05) is 24.7 Å². The van der Waals surface area contributed by atoms with Crippen molar-refractivity contribution in [1.29, 1.82) is 0 Å². The zero-order valence-electron chi connectivity index (χ0n) is 11.9. The number of aliphatic hydroxyl groups excluding tert-OH is 1. The van der Waals surface area contributed by atoms with E-state index in [4.69, 9.17) is 4.74 Å². The van der Waals surface area contributed by atoms with Crippen molar-refractivity contribution in [3.05, 3.63) is 16.0 Å². The van der Waals surface area contributed by atoms with Gasteiger partial charge in [0.1, 0.15) is 5.00 Å². The molecule has 1 aliphatic rings. The fourth-order valence-corrected chi connectivity index (χ4v) is 3.51. The lowest BCUT2D eigenvalue weighted by atomic mass is 10.1. The fourth-order valence-electron chi connectivity index (χ4n) is 2.34. The van der Waals surface area contributed by atoms with E-state index in [1.54, 1.807) is 11.8 Å². The van der Waals surface area contributed by atoms with Crippen LogP contribution in [0, 0.1) is 19.8 Å². The Morgan fingerprint density at radius 2 is 2.20 bits per heavy atom. The van der Waals surface area contributed by atoms with Crippen molar-refractivity contribution < 1.29 is 19.4 Å². The van der Waals surface area contributed by atoms with Gasteiger partial charge in [-0.15, -0.1) is 11.3 Å². The van der Waals surface area contributed by atoms with Crippen LogP contribution >= 0.6 is 11.3 Å². The molecule has 1 aromatic heterocycles. The first-order valence-corrected chi connectivity index (χ1v) is 7.49. The summed E-state index contributed by atoms with van der Waals surface area (Å²) in [4.78, 5) is 26.8. The Bertz CT molecular complexity index is 538. The Labute approximate surface area is 122 Å². The molecule has 0 aromatic carbocycles. The van der Waals surface area contributed by atoms with E-state index in [0.29, 0.717) is 30.1 Å². The van der Waals surface area contributed by atoms with E-state index in [1.807, 2.05) is 13.8 Å². The molecule has 2 heterocycles. The SMILES string of the molecule is CCOC(=O)c1c(N2CC(CO)CC2=O)sc(C)c1C. The Hall–Kier alpha value is -1.40. The molecule has 20 heavy (non-hydrogen) atoms. The van der Waals surface area contributed by atoms with Gasteiger partial charge in [-0.2, -0.15) is 0 Å². The molecule has 6 heteroatoms. The summed E-state index contributed by atoms with van der Waals surface area (Å²) < 4.78 is 5.09. The first kappa shape index (κ1) is 15.0. The quantitative estimate of drug-likeness (QED) is 0.862. The first-order chi connectivity index (χ1) is 9.49. The third kappa shape index (κ3) is 2.58. The second kappa shape index (κ2) is 5.93. The number of anilines is 1. The summed E-state index contributed by atoms with van der Waals surface area (Å²) in [5.41, 5.74) is 1.35. The molecule has 1 N–H and O–H groups in total. The van der Waals surface area contributed by atoms with Crippen molar-refractivity contribution in [3.63, 3.8) is 0 Å². The minimum Gasteiger partial charge on any atom is -0.462 e. The maximum absolute atomic E-state index is 12.1. The predicted molar refractivity (Wildman–Crippen MR) is 77.3 cm³/mol. The Morgan fingerprint density at radius 1 is 1.50 bits per heavy atom. The van der Waals surface area contributed by atoms with Crippen LogP contribution in [0.5, 0.6) is 0 Å². The monoisotopic (exact) mass is 297 g/mol. The highest BCUT2D eigenvalue weighted by Gasteiger charge is 2.35. The number of hydrogen-bond acceptors (Lipinski definition) is 5. The summed E-state index contributed by atoms with van der Waals surface area (Å²) in [5.74, 6) is -0.485. The summed E-state index contributed by atoms with van der Waals surface area (Å²) in [7, 11) is 0. The van der Waals surface area contributed by atoms with Gasteiger partial charge < -0.3 is 14.7 Å². The smallest absolute Gasteiger partial charge is 0.341 e. The van der Waals surface area contributed by atoms with E-state index in [1.165, 1.54) is 11.3 Å².